The molecule has 1 N–H and O–H groups in total. The Labute approximate surface area is 107 Å². The minimum atomic E-state index is -0.0583. The van der Waals surface area contributed by atoms with Gasteiger partial charge in [0.25, 0.3) is 5.91 Å². The summed E-state index contributed by atoms with van der Waals surface area (Å²) in [4.78, 5) is 11.9. The van der Waals surface area contributed by atoms with Gasteiger partial charge < -0.3 is 14.8 Å². The minimum Gasteiger partial charge on any atom is -0.454 e. The largest absolute Gasteiger partial charge is 0.454 e. The summed E-state index contributed by atoms with van der Waals surface area (Å²) in [7, 11) is 0. The molecule has 0 spiro atoms. The lowest BCUT2D eigenvalue weighted by Crippen LogP contribution is -2.24. The van der Waals surface area contributed by atoms with Crippen LogP contribution < -0.4 is 14.8 Å². The Hall–Kier alpha value is -1.71. The zero-order valence-electron chi connectivity index (χ0n) is 10.9. The van der Waals surface area contributed by atoms with Gasteiger partial charge in [0.1, 0.15) is 0 Å². The fraction of sp³-hybridized carbons (Fsp3) is 0.500. The first kappa shape index (κ1) is 12.7. The maximum Gasteiger partial charge on any atom is 0.251 e. The highest BCUT2D eigenvalue weighted by molar-refractivity contribution is 5.94. The monoisotopic (exact) mass is 249 g/mol. The van der Waals surface area contributed by atoms with E-state index >= 15 is 0 Å². The number of hydrogen-bond donors (Lipinski definition) is 1. The molecule has 0 saturated carbocycles. The van der Waals surface area contributed by atoms with Crippen LogP contribution in [0.5, 0.6) is 11.5 Å². The van der Waals surface area contributed by atoms with Crippen LogP contribution in [0.25, 0.3) is 0 Å². The summed E-state index contributed by atoms with van der Waals surface area (Å²) in [6, 6.07) is 5.25. The molecule has 0 aromatic heterocycles. The van der Waals surface area contributed by atoms with Crippen LogP contribution in [0.2, 0.25) is 0 Å². The second kappa shape index (κ2) is 5.76. The van der Waals surface area contributed by atoms with Gasteiger partial charge in [0.05, 0.1) is 0 Å². The molecule has 1 heterocycles. The number of hydrogen-bond acceptors (Lipinski definition) is 3. The summed E-state index contributed by atoms with van der Waals surface area (Å²) < 4.78 is 10.4. The molecule has 0 radical (unpaired) electrons. The van der Waals surface area contributed by atoms with Crippen LogP contribution in [-0.4, -0.2) is 19.2 Å². The van der Waals surface area contributed by atoms with E-state index < -0.39 is 0 Å². The quantitative estimate of drug-likeness (QED) is 0.816. The molecule has 1 aliphatic rings. The summed E-state index contributed by atoms with van der Waals surface area (Å²) in [5.74, 6) is 1.96. The van der Waals surface area contributed by atoms with Crippen LogP contribution in [0.15, 0.2) is 18.2 Å². The zero-order chi connectivity index (χ0) is 13.0. The highest BCUT2D eigenvalue weighted by Gasteiger charge is 2.15. The van der Waals surface area contributed by atoms with E-state index in [4.69, 9.17) is 9.47 Å². The molecule has 1 aromatic carbocycles. The first-order valence-electron chi connectivity index (χ1n) is 6.34. The normalized spacial score (nSPS) is 12.8. The van der Waals surface area contributed by atoms with Gasteiger partial charge in [-0.1, -0.05) is 13.8 Å². The SMILES string of the molecule is CC(C)CCCNC(=O)c1ccc2c(c1)OCO2. The second-order valence-electron chi connectivity index (χ2n) is 4.86. The molecule has 1 aliphatic heterocycles. The van der Waals surface area contributed by atoms with Crippen LogP contribution in [-0.2, 0) is 0 Å². The summed E-state index contributed by atoms with van der Waals surface area (Å²) in [6.07, 6.45) is 2.13. The third-order valence-electron chi connectivity index (χ3n) is 2.88. The maximum absolute atomic E-state index is 11.9. The minimum absolute atomic E-state index is 0.0583. The van der Waals surface area contributed by atoms with Crippen molar-refractivity contribution in [3.63, 3.8) is 0 Å². The molecule has 98 valence electrons. The number of carbonyl (C=O) groups is 1. The van der Waals surface area contributed by atoms with Crippen molar-refractivity contribution in [3.8, 4) is 11.5 Å². The van der Waals surface area contributed by atoms with Crippen LogP contribution >= 0.6 is 0 Å². The van der Waals surface area contributed by atoms with Gasteiger partial charge in [-0.3, -0.25) is 4.79 Å². The van der Waals surface area contributed by atoms with E-state index in [1.54, 1.807) is 18.2 Å². The van der Waals surface area contributed by atoms with Crippen LogP contribution in [0.4, 0.5) is 0 Å². The van der Waals surface area contributed by atoms with Gasteiger partial charge in [-0.2, -0.15) is 0 Å². The van der Waals surface area contributed by atoms with E-state index in [2.05, 4.69) is 19.2 Å². The molecule has 2 rings (SSSR count). The molecular weight excluding hydrogens is 230 g/mol. The number of fused-ring (bicyclic) bond motifs is 1. The molecule has 1 aromatic rings. The third-order valence-corrected chi connectivity index (χ3v) is 2.88. The predicted octanol–water partition coefficient (Wildman–Crippen LogP) is 2.58. The van der Waals surface area contributed by atoms with E-state index in [1.807, 2.05) is 0 Å². The van der Waals surface area contributed by atoms with Crippen LogP contribution in [0.3, 0.4) is 0 Å². The molecule has 0 bridgehead atoms. The summed E-state index contributed by atoms with van der Waals surface area (Å²) in [6.45, 7) is 5.31. The lowest BCUT2D eigenvalue weighted by Gasteiger charge is -2.07. The topological polar surface area (TPSA) is 47.6 Å². The molecule has 0 atom stereocenters. The van der Waals surface area contributed by atoms with Gasteiger partial charge in [0.2, 0.25) is 6.79 Å². The molecule has 0 saturated heterocycles. The van der Waals surface area contributed by atoms with E-state index in [9.17, 15) is 4.79 Å². The number of carbonyl (C=O) groups excluding carboxylic acids is 1. The van der Waals surface area contributed by atoms with Crippen molar-refractivity contribution in [3.05, 3.63) is 23.8 Å². The lowest BCUT2D eigenvalue weighted by molar-refractivity contribution is 0.0952. The Balaban J connectivity index is 1.85. The molecule has 1 amide bonds. The van der Waals surface area contributed by atoms with E-state index in [0.717, 1.165) is 12.8 Å². The average molecular weight is 249 g/mol. The van der Waals surface area contributed by atoms with Crippen molar-refractivity contribution in [2.45, 2.75) is 26.7 Å². The number of amides is 1. The molecule has 18 heavy (non-hydrogen) atoms. The Morgan fingerprint density at radius 3 is 2.89 bits per heavy atom. The Morgan fingerprint density at radius 2 is 2.11 bits per heavy atom. The Kier molecular flexibility index (Phi) is 4.07. The van der Waals surface area contributed by atoms with Crippen LogP contribution in [0.1, 0.15) is 37.0 Å². The van der Waals surface area contributed by atoms with Crippen LogP contribution in [0, 0.1) is 5.92 Å². The van der Waals surface area contributed by atoms with Gasteiger partial charge in [-0.05, 0) is 37.0 Å². The molecule has 0 aliphatic carbocycles. The second-order valence-corrected chi connectivity index (χ2v) is 4.86. The van der Waals surface area contributed by atoms with Crippen molar-refractivity contribution in [2.75, 3.05) is 13.3 Å². The molecule has 4 nitrogen and oxygen atoms in total. The Bertz CT molecular complexity index is 429. The lowest BCUT2D eigenvalue weighted by atomic mass is 10.1. The van der Waals surface area contributed by atoms with Crippen molar-refractivity contribution >= 4 is 5.91 Å². The van der Waals surface area contributed by atoms with E-state index in [0.29, 0.717) is 29.5 Å². The number of rotatable bonds is 5. The summed E-state index contributed by atoms with van der Waals surface area (Å²) >= 11 is 0. The third kappa shape index (κ3) is 3.15. The van der Waals surface area contributed by atoms with Gasteiger partial charge in [-0.15, -0.1) is 0 Å². The zero-order valence-corrected chi connectivity index (χ0v) is 10.9. The summed E-state index contributed by atoms with van der Waals surface area (Å²) in [5.41, 5.74) is 0.615. The standard InChI is InChI=1S/C14H19NO3/c1-10(2)4-3-7-15-14(16)11-5-6-12-13(8-11)18-9-17-12/h5-6,8,10H,3-4,7,9H2,1-2H3,(H,15,16). The fourth-order valence-corrected chi connectivity index (χ4v) is 1.85. The predicted molar refractivity (Wildman–Crippen MR) is 69.0 cm³/mol. The number of ether oxygens (including phenoxy) is 2. The number of benzene rings is 1. The molecule has 4 heteroatoms. The maximum atomic E-state index is 11.9. The van der Waals surface area contributed by atoms with Gasteiger partial charge in [0.15, 0.2) is 11.5 Å². The van der Waals surface area contributed by atoms with Gasteiger partial charge in [0, 0.05) is 12.1 Å². The summed E-state index contributed by atoms with van der Waals surface area (Å²) in [5, 5.41) is 2.91. The van der Waals surface area contributed by atoms with Crippen molar-refractivity contribution < 1.29 is 14.3 Å². The molecular formula is C14H19NO3. The van der Waals surface area contributed by atoms with Crippen molar-refractivity contribution in [1.82, 2.24) is 5.32 Å². The average Bonchev–Trinajstić information content (AvgIpc) is 2.81. The number of nitrogens with one attached hydrogen (secondary N) is 1. The smallest absolute Gasteiger partial charge is 0.251 e. The first-order chi connectivity index (χ1) is 8.66. The highest BCUT2D eigenvalue weighted by atomic mass is 16.7. The van der Waals surface area contributed by atoms with Gasteiger partial charge in [-0.25, -0.2) is 0 Å². The van der Waals surface area contributed by atoms with E-state index in [1.165, 1.54) is 0 Å². The van der Waals surface area contributed by atoms with Crippen molar-refractivity contribution in [1.29, 1.82) is 0 Å². The van der Waals surface area contributed by atoms with E-state index in [-0.39, 0.29) is 12.7 Å². The first-order valence-corrected chi connectivity index (χ1v) is 6.34. The highest BCUT2D eigenvalue weighted by Crippen LogP contribution is 2.32. The van der Waals surface area contributed by atoms with Gasteiger partial charge >= 0.3 is 0 Å². The van der Waals surface area contributed by atoms with Crippen molar-refractivity contribution in [2.24, 2.45) is 5.92 Å². The Morgan fingerprint density at radius 1 is 1.33 bits per heavy atom. The molecule has 0 fully saturated rings. The molecule has 0 unspecified atom stereocenters. The fourth-order valence-electron chi connectivity index (χ4n) is 1.85.